The van der Waals surface area contributed by atoms with Gasteiger partial charge in [-0.05, 0) is 109 Å². The summed E-state index contributed by atoms with van der Waals surface area (Å²) in [4.78, 5) is 15.4. The number of hydrogen-bond donors (Lipinski definition) is 0. The zero-order chi connectivity index (χ0) is 42.2. The first-order valence-corrected chi connectivity index (χ1v) is 21.1. The summed E-state index contributed by atoms with van der Waals surface area (Å²) in [6.07, 6.45) is 0. The van der Waals surface area contributed by atoms with E-state index in [1.54, 1.807) is 0 Å². The predicted molar refractivity (Wildman–Crippen MR) is 254 cm³/mol. The summed E-state index contributed by atoms with van der Waals surface area (Å²) in [5.41, 5.74) is 16.6. The molecule has 63 heavy (non-hydrogen) atoms. The lowest BCUT2D eigenvalue weighted by Crippen LogP contribution is -2.28. The molecule has 0 unspecified atom stereocenters. The van der Waals surface area contributed by atoms with Gasteiger partial charge < -0.3 is 0 Å². The Balaban J connectivity index is 1.15. The molecule has 10 aromatic rings. The van der Waals surface area contributed by atoms with Gasteiger partial charge in [0.15, 0.2) is 17.5 Å². The SMILES string of the molecule is N#Cc1ccc(-c2cccc(-c3cc(-c4ccc5c(c4)C(c4ccccc4)(c4ccccc4)c4ccccc4-5)cc(-c4nc(-c5ccccc5)nc(-c5ccccc5)n4)c3)c2)cc1. The Bertz CT molecular complexity index is 3220. The van der Waals surface area contributed by atoms with Crippen LogP contribution in [0.4, 0.5) is 0 Å². The van der Waals surface area contributed by atoms with Crippen molar-refractivity contribution in [1.29, 1.82) is 5.26 Å². The first-order valence-electron chi connectivity index (χ1n) is 21.1. The van der Waals surface area contributed by atoms with E-state index in [2.05, 4.69) is 152 Å². The first-order chi connectivity index (χ1) is 31.2. The van der Waals surface area contributed by atoms with Crippen LogP contribution in [-0.4, -0.2) is 15.0 Å². The molecule has 0 amide bonds. The molecule has 294 valence electrons. The molecule has 0 atom stereocenters. The molecule has 1 aromatic heterocycles. The van der Waals surface area contributed by atoms with Gasteiger partial charge in [-0.25, -0.2) is 15.0 Å². The number of nitrogens with zero attached hydrogens (tertiary/aromatic N) is 4. The molecule has 0 saturated carbocycles. The van der Waals surface area contributed by atoms with E-state index < -0.39 is 5.41 Å². The van der Waals surface area contributed by atoms with E-state index in [4.69, 9.17) is 15.0 Å². The molecule has 9 aromatic carbocycles. The van der Waals surface area contributed by atoms with Gasteiger partial charge >= 0.3 is 0 Å². The van der Waals surface area contributed by atoms with Gasteiger partial charge in [0.1, 0.15) is 0 Å². The van der Waals surface area contributed by atoms with E-state index in [1.807, 2.05) is 84.9 Å². The molecule has 0 spiro atoms. The number of aromatic nitrogens is 3. The summed E-state index contributed by atoms with van der Waals surface area (Å²) in [6.45, 7) is 0. The van der Waals surface area contributed by atoms with E-state index >= 15 is 0 Å². The van der Waals surface area contributed by atoms with Crippen LogP contribution in [0.15, 0.2) is 231 Å². The topological polar surface area (TPSA) is 62.5 Å². The zero-order valence-corrected chi connectivity index (χ0v) is 34.2. The van der Waals surface area contributed by atoms with E-state index in [0.717, 1.165) is 50.1 Å². The zero-order valence-electron chi connectivity index (χ0n) is 34.2. The molecule has 0 saturated heterocycles. The smallest absolute Gasteiger partial charge is 0.164 e. The molecule has 11 rings (SSSR count). The summed E-state index contributed by atoms with van der Waals surface area (Å²) in [5.74, 6) is 1.81. The van der Waals surface area contributed by atoms with Gasteiger partial charge in [0.25, 0.3) is 0 Å². The van der Waals surface area contributed by atoms with Crippen molar-refractivity contribution in [1.82, 2.24) is 15.0 Å². The predicted octanol–water partition coefficient (Wildman–Crippen LogP) is 14.1. The summed E-state index contributed by atoms with van der Waals surface area (Å²) in [5, 5.41) is 9.47. The lowest BCUT2D eigenvalue weighted by atomic mass is 9.67. The average Bonchev–Trinajstić information content (AvgIpc) is 3.67. The van der Waals surface area contributed by atoms with E-state index in [-0.39, 0.29) is 0 Å². The molecule has 0 aliphatic heterocycles. The van der Waals surface area contributed by atoms with Crippen LogP contribution in [0.2, 0.25) is 0 Å². The van der Waals surface area contributed by atoms with E-state index in [1.165, 1.54) is 33.4 Å². The van der Waals surface area contributed by atoms with Crippen LogP contribution in [0, 0.1) is 11.3 Å². The van der Waals surface area contributed by atoms with Crippen LogP contribution in [-0.2, 0) is 5.41 Å². The monoisotopic (exact) mass is 802 g/mol. The van der Waals surface area contributed by atoms with Crippen molar-refractivity contribution in [3.05, 3.63) is 258 Å². The van der Waals surface area contributed by atoms with Crippen molar-refractivity contribution in [3.8, 4) is 84.7 Å². The van der Waals surface area contributed by atoms with Gasteiger partial charge in [0.2, 0.25) is 0 Å². The van der Waals surface area contributed by atoms with Gasteiger partial charge in [0.05, 0.1) is 17.0 Å². The average molecular weight is 803 g/mol. The molecule has 4 nitrogen and oxygen atoms in total. The fourth-order valence-corrected chi connectivity index (χ4v) is 9.27. The third-order valence-electron chi connectivity index (χ3n) is 12.2. The molecular weight excluding hydrogens is 765 g/mol. The number of rotatable bonds is 8. The van der Waals surface area contributed by atoms with Gasteiger partial charge in [-0.2, -0.15) is 5.26 Å². The van der Waals surface area contributed by atoms with Crippen molar-refractivity contribution < 1.29 is 0 Å². The quantitative estimate of drug-likeness (QED) is 0.153. The van der Waals surface area contributed by atoms with E-state index in [9.17, 15) is 5.26 Å². The first kappa shape index (κ1) is 37.5. The fraction of sp³-hybridized carbons (Fsp3) is 0.0169. The minimum atomic E-state index is -0.538. The standard InChI is InChI=1S/C59H38N4/c60-39-40-28-30-41(31-29-40)44-20-15-21-45(34-44)47-35-48(37-49(36-47)58-62-56(42-16-5-1-6-17-42)61-57(63-58)43-18-7-2-8-19-43)46-32-33-53-52-26-13-14-27-54(52)59(55(53)38-46,50-22-9-3-10-23-50)51-24-11-4-12-25-51/h1-38H. The number of benzene rings is 9. The van der Waals surface area contributed by atoms with Crippen LogP contribution >= 0.6 is 0 Å². The third-order valence-corrected chi connectivity index (χ3v) is 12.2. The molecule has 1 aliphatic carbocycles. The lowest BCUT2D eigenvalue weighted by Gasteiger charge is -2.34. The molecule has 1 heterocycles. The van der Waals surface area contributed by atoms with Crippen molar-refractivity contribution >= 4 is 0 Å². The second-order valence-electron chi connectivity index (χ2n) is 15.9. The van der Waals surface area contributed by atoms with Gasteiger partial charge in [-0.15, -0.1) is 0 Å². The molecular formula is C59H38N4. The maximum Gasteiger partial charge on any atom is 0.164 e. The van der Waals surface area contributed by atoms with Crippen molar-refractivity contribution in [2.45, 2.75) is 5.41 Å². The molecule has 0 N–H and O–H groups in total. The number of fused-ring (bicyclic) bond motifs is 3. The van der Waals surface area contributed by atoms with Crippen LogP contribution in [0.3, 0.4) is 0 Å². The second kappa shape index (κ2) is 15.8. The number of nitriles is 1. The molecule has 4 heteroatoms. The minimum absolute atomic E-state index is 0.538. The Labute approximate surface area is 367 Å². The van der Waals surface area contributed by atoms with Crippen LogP contribution < -0.4 is 0 Å². The van der Waals surface area contributed by atoms with Crippen molar-refractivity contribution in [3.63, 3.8) is 0 Å². The Morgan fingerprint density at radius 1 is 0.302 bits per heavy atom. The van der Waals surface area contributed by atoms with Gasteiger partial charge in [-0.3, -0.25) is 0 Å². The Morgan fingerprint density at radius 2 is 0.714 bits per heavy atom. The lowest BCUT2D eigenvalue weighted by molar-refractivity contribution is 0.769. The van der Waals surface area contributed by atoms with Crippen LogP contribution in [0.5, 0.6) is 0 Å². The normalized spacial score (nSPS) is 12.2. The highest BCUT2D eigenvalue weighted by atomic mass is 15.0. The summed E-state index contributed by atoms with van der Waals surface area (Å²) in [7, 11) is 0. The van der Waals surface area contributed by atoms with Gasteiger partial charge in [-0.1, -0.05) is 188 Å². The fourth-order valence-electron chi connectivity index (χ4n) is 9.27. The Kier molecular flexibility index (Phi) is 9.41. The van der Waals surface area contributed by atoms with Gasteiger partial charge in [0, 0.05) is 16.7 Å². The molecule has 0 bridgehead atoms. The van der Waals surface area contributed by atoms with Crippen molar-refractivity contribution in [2.24, 2.45) is 0 Å². The molecule has 1 aliphatic rings. The highest BCUT2D eigenvalue weighted by Gasteiger charge is 2.46. The Morgan fingerprint density at radius 3 is 1.29 bits per heavy atom. The maximum absolute atomic E-state index is 9.47. The second-order valence-corrected chi connectivity index (χ2v) is 15.9. The maximum atomic E-state index is 9.47. The third kappa shape index (κ3) is 6.70. The summed E-state index contributed by atoms with van der Waals surface area (Å²) in [6, 6.07) is 83.2. The Hall–Kier alpha value is -8.52. The van der Waals surface area contributed by atoms with Crippen LogP contribution in [0.25, 0.3) is 78.7 Å². The molecule has 0 radical (unpaired) electrons. The number of hydrogen-bond acceptors (Lipinski definition) is 4. The van der Waals surface area contributed by atoms with Crippen molar-refractivity contribution in [2.75, 3.05) is 0 Å². The minimum Gasteiger partial charge on any atom is -0.208 e. The largest absolute Gasteiger partial charge is 0.208 e. The summed E-state index contributed by atoms with van der Waals surface area (Å²) >= 11 is 0. The van der Waals surface area contributed by atoms with E-state index in [0.29, 0.717) is 23.0 Å². The molecule has 0 fully saturated rings. The van der Waals surface area contributed by atoms with Crippen LogP contribution in [0.1, 0.15) is 27.8 Å². The highest BCUT2D eigenvalue weighted by Crippen LogP contribution is 2.56. The summed E-state index contributed by atoms with van der Waals surface area (Å²) < 4.78 is 0. The highest BCUT2D eigenvalue weighted by molar-refractivity contribution is 5.90.